The van der Waals surface area contributed by atoms with E-state index in [0.29, 0.717) is 5.92 Å². The summed E-state index contributed by atoms with van der Waals surface area (Å²) in [7, 11) is 0. The van der Waals surface area contributed by atoms with Gasteiger partial charge in [0, 0.05) is 39.3 Å². The fourth-order valence-electron chi connectivity index (χ4n) is 3.09. The highest BCUT2D eigenvalue weighted by Crippen LogP contribution is 2.19. The van der Waals surface area contributed by atoms with Crippen molar-refractivity contribution in [2.75, 3.05) is 39.3 Å². The quantitative estimate of drug-likeness (QED) is 0.734. The number of nitrogens with zero attached hydrogens (tertiary/aromatic N) is 4. The molecule has 2 aliphatic rings. The molecular weight excluding hydrogens is 252 g/mol. The topological polar surface area (TPSA) is 50.6 Å². The van der Waals surface area contributed by atoms with Gasteiger partial charge in [-0.25, -0.2) is 4.79 Å². The van der Waals surface area contributed by atoms with E-state index in [1.165, 1.54) is 6.42 Å². The molecule has 20 heavy (non-hydrogen) atoms. The fraction of sp³-hybridized carbons (Fsp3) is 0.867. The van der Waals surface area contributed by atoms with Crippen LogP contribution in [0.2, 0.25) is 0 Å². The minimum absolute atomic E-state index is 0.186. The predicted molar refractivity (Wildman–Crippen MR) is 78.2 cm³/mol. The molecule has 0 N–H and O–H groups in total. The lowest BCUT2D eigenvalue weighted by molar-refractivity contribution is 0.0725. The number of nitriles is 1. The monoisotopic (exact) mass is 278 g/mol. The Balaban J connectivity index is 1.87. The fourth-order valence-corrected chi connectivity index (χ4v) is 3.09. The first-order valence-corrected chi connectivity index (χ1v) is 7.64. The van der Waals surface area contributed by atoms with E-state index in [9.17, 15) is 10.1 Å². The molecule has 1 unspecified atom stereocenters. The summed E-state index contributed by atoms with van der Waals surface area (Å²) < 4.78 is 0. The molecule has 0 aliphatic carbocycles. The van der Waals surface area contributed by atoms with Crippen molar-refractivity contribution in [3.05, 3.63) is 0 Å². The molecule has 0 aromatic carbocycles. The van der Waals surface area contributed by atoms with Crippen LogP contribution in [-0.4, -0.2) is 65.5 Å². The van der Waals surface area contributed by atoms with Crippen LogP contribution in [0.4, 0.5) is 4.79 Å². The van der Waals surface area contributed by atoms with Gasteiger partial charge >= 0.3 is 6.03 Å². The number of likely N-dealkylation sites (tertiary alicyclic amines) is 1. The Labute approximate surface area is 122 Å². The van der Waals surface area contributed by atoms with Crippen LogP contribution in [0.1, 0.15) is 33.6 Å². The summed E-state index contributed by atoms with van der Waals surface area (Å²) in [5.41, 5.74) is -0.436. The highest BCUT2D eigenvalue weighted by Gasteiger charge is 2.33. The van der Waals surface area contributed by atoms with Crippen LogP contribution in [0.3, 0.4) is 0 Å². The minimum atomic E-state index is -0.436. The molecule has 1 atom stereocenters. The Morgan fingerprint density at radius 1 is 1.15 bits per heavy atom. The largest absolute Gasteiger partial charge is 0.324 e. The Hall–Kier alpha value is -1.28. The summed E-state index contributed by atoms with van der Waals surface area (Å²) in [5.74, 6) is 0.617. The number of piperidine rings is 1. The molecule has 2 saturated heterocycles. The lowest BCUT2D eigenvalue weighted by atomic mass is 10.0. The van der Waals surface area contributed by atoms with Gasteiger partial charge in [-0.3, -0.25) is 4.90 Å². The third kappa shape index (κ3) is 3.24. The molecular formula is C15H26N4O. The van der Waals surface area contributed by atoms with Crippen molar-refractivity contribution < 1.29 is 4.79 Å². The smallest absolute Gasteiger partial charge is 0.320 e. The van der Waals surface area contributed by atoms with Gasteiger partial charge in [-0.1, -0.05) is 6.92 Å². The van der Waals surface area contributed by atoms with E-state index in [4.69, 9.17) is 0 Å². The molecule has 0 aromatic rings. The summed E-state index contributed by atoms with van der Waals surface area (Å²) in [6, 6.07) is 2.52. The summed E-state index contributed by atoms with van der Waals surface area (Å²) in [6.07, 6.45) is 2.35. The maximum absolute atomic E-state index is 12.5. The van der Waals surface area contributed by atoms with Crippen LogP contribution < -0.4 is 0 Å². The average Bonchev–Trinajstić information content (AvgIpc) is 2.46. The van der Waals surface area contributed by atoms with Crippen LogP contribution in [-0.2, 0) is 0 Å². The molecule has 2 amide bonds. The number of carbonyl (C=O) groups excluding carboxylic acids is 1. The summed E-state index contributed by atoms with van der Waals surface area (Å²) >= 11 is 0. The van der Waals surface area contributed by atoms with Crippen molar-refractivity contribution in [3.63, 3.8) is 0 Å². The van der Waals surface area contributed by atoms with E-state index in [0.717, 1.165) is 45.7 Å². The molecule has 0 spiro atoms. The molecule has 0 aromatic heterocycles. The summed E-state index contributed by atoms with van der Waals surface area (Å²) in [5, 5.41) is 9.17. The SMILES string of the molecule is CC1CCCN(C(=O)N2CCN(C(C)(C)C#N)CC2)C1. The van der Waals surface area contributed by atoms with Gasteiger partial charge in [-0.2, -0.15) is 5.26 Å². The zero-order valence-corrected chi connectivity index (χ0v) is 12.9. The van der Waals surface area contributed by atoms with E-state index in [2.05, 4.69) is 17.9 Å². The van der Waals surface area contributed by atoms with Gasteiger partial charge in [-0.15, -0.1) is 0 Å². The van der Waals surface area contributed by atoms with E-state index < -0.39 is 5.54 Å². The average molecular weight is 278 g/mol. The number of urea groups is 1. The van der Waals surface area contributed by atoms with Crippen LogP contribution in [0.5, 0.6) is 0 Å². The zero-order valence-electron chi connectivity index (χ0n) is 12.9. The number of amides is 2. The predicted octanol–water partition coefficient (Wildman–Crippen LogP) is 1.76. The van der Waals surface area contributed by atoms with Crippen molar-refractivity contribution >= 4 is 6.03 Å². The second-order valence-corrected chi connectivity index (χ2v) is 6.62. The standard InChI is InChI=1S/C15H26N4O/c1-13-5-4-6-18(11-13)14(20)17-7-9-19(10-8-17)15(2,3)12-16/h13H,4-11H2,1-3H3. The minimum Gasteiger partial charge on any atom is -0.324 e. The highest BCUT2D eigenvalue weighted by molar-refractivity contribution is 5.74. The molecule has 0 bridgehead atoms. The third-order valence-corrected chi connectivity index (χ3v) is 4.54. The van der Waals surface area contributed by atoms with Crippen molar-refractivity contribution in [1.29, 1.82) is 5.26 Å². The molecule has 2 aliphatic heterocycles. The number of rotatable bonds is 1. The maximum atomic E-state index is 12.5. The van der Waals surface area contributed by atoms with Gasteiger partial charge < -0.3 is 9.80 Å². The molecule has 2 rings (SSSR count). The Morgan fingerprint density at radius 2 is 1.80 bits per heavy atom. The number of hydrogen-bond donors (Lipinski definition) is 0. The third-order valence-electron chi connectivity index (χ3n) is 4.54. The molecule has 112 valence electrons. The van der Waals surface area contributed by atoms with E-state index in [1.54, 1.807) is 0 Å². The first kappa shape index (κ1) is 15.1. The second-order valence-electron chi connectivity index (χ2n) is 6.62. The van der Waals surface area contributed by atoms with Gasteiger partial charge in [0.15, 0.2) is 0 Å². The first-order valence-electron chi connectivity index (χ1n) is 7.64. The van der Waals surface area contributed by atoms with Crippen molar-refractivity contribution in [2.24, 2.45) is 5.92 Å². The lowest BCUT2D eigenvalue weighted by Crippen LogP contribution is -2.58. The number of hydrogen-bond acceptors (Lipinski definition) is 3. The van der Waals surface area contributed by atoms with E-state index >= 15 is 0 Å². The Kier molecular flexibility index (Phi) is 4.54. The molecule has 2 heterocycles. The maximum Gasteiger partial charge on any atom is 0.320 e. The molecule has 5 heteroatoms. The van der Waals surface area contributed by atoms with Crippen LogP contribution in [0.25, 0.3) is 0 Å². The second kappa shape index (κ2) is 6.01. The van der Waals surface area contributed by atoms with E-state index in [-0.39, 0.29) is 6.03 Å². The normalized spacial score (nSPS) is 25.4. The van der Waals surface area contributed by atoms with Gasteiger partial charge in [-0.05, 0) is 32.6 Å². The number of piperazine rings is 1. The summed E-state index contributed by atoms with van der Waals surface area (Å²) in [6.45, 7) is 10.9. The summed E-state index contributed by atoms with van der Waals surface area (Å²) in [4.78, 5) is 18.6. The van der Waals surface area contributed by atoms with Gasteiger partial charge in [0.1, 0.15) is 5.54 Å². The van der Waals surface area contributed by atoms with Crippen molar-refractivity contribution in [2.45, 2.75) is 39.2 Å². The van der Waals surface area contributed by atoms with Crippen molar-refractivity contribution in [3.8, 4) is 6.07 Å². The highest BCUT2D eigenvalue weighted by atomic mass is 16.2. The lowest BCUT2D eigenvalue weighted by Gasteiger charge is -2.42. The van der Waals surface area contributed by atoms with Crippen LogP contribution in [0, 0.1) is 17.2 Å². The molecule has 2 fully saturated rings. The van der Waals surface area contributed by atoms with Crippen molar-refractivity contribution in [1.82, 2.24) is 14.7 Å². The zero-order chi connectivity index (χ0) is 14.8. The van der Waals surface area contributed by atoms with Crippen LogP contribution >= 0.6 is 0 Å². The first-order chi connectivity index (χ1) is 9.44. The van der Waals surface area contributed by atoms with Gasteiger partial charge in [0.05, 0.1) is 6.07 Å². The van der Waals surface area contributed by atoms with Crippen LogP contribution in [0.15, 0.2) is 0 Å². The molecule has 0 saturated carbocycles. The van der Waals surface area contributed by atoms with Gasteiger partial charge in [0.2, 0.25) is 0 Å². The molecule has 5 nitrogen and oxygen atoms in total. The Bertz CT molecular complexity index is 393. The number of carbonyl (C=O) groups is 1. The Morgan fingerprint density at radius 3 is 2.35 bits per heavy atom. The molecule has 0 radical (unpaired) electrons. The van der Waals surface area contributed by atoms with Gasteiger partial charge in [0.25, 0.3) is 0 Å². The van der Waals surface area contributed by atoms with E-state index in [1.807, 2.05) is 23.6 Å².